The lowest BCUT2D eigenvalue weighted by molar-refractivity contribution is 0.197. The van der Waals surface area contributed by atoms with Gasteiger partial charge in [0.1, 0.15) is 0 Å². The van der Waals surface area contributed by atoms with Crippen LogP contribution in [0.25, 0.3) is 10.1 Å². The summed E-state index contributed by atoms with van der Waals surface area (Å²) < 4.78 is 1.40. The predicted octanol–water partition coefficient (Wildman–Crippen LogP) is 5.38. The van der Waals surface area contributed by atoms with Crippen molar-refractivity contribution >= 4 is 21.4 Å². The van der Waals surface area contributed by atoms with Crippen LogP contribution in [-0.4, -0.2) is 6.04 Å². The van der Waals surface area contributed by atoms with Crippen LogP contribution in [0.3, 0.4) is 0 Å². The molecule has 0 bridgehead atoms. The highest BCUT2D eigenvalue weighted by Crippen LogP contribution is 2.33. The van der Waals surface area contributed by atoms with Crippen LogP contribution in [0, 0.1) is 11.8 Å². The summed E-state index contributed by atoms with van der Waals surface area (Å²) in [5.41, 5.74) is 0. The van der Waals surface area contributed by atoms with Gasteiger partial charge in [-0.3, -0.25) is 0 Å². The van der Waals surface area contributed by atoms with E-state index in [0.29, 0.717) is 12.1 Å². The van der Waals surface area contributed by atoms with Crippen LogP contribution in [0.15, 0.2) is 30.3 Å². The molecule has 0 spiro atoms. The van der Waals surface area contributed by atoms with E-state index >= 15 is 0 Å². The van der Waals surface area contributed by atoms with Gasteiger partial charge >= 0.3 is 0 Å². The van der Waals surface area contributed by atoms with Gasteiger partial charge in [-0.25, -0.2) is 0 Å². The smallest absolute Gasteiger partial charge is 0.0388 e. The zero-order valence-corrected chi connectivity index (χ0v) is 13.5. The first-order valence-corrected chi connectivity index (χ1v) is 8.71. The van der Waals surface area contributed by atoms with Crippen LogP contribution in [-0.2, 0) is 0 Å². The number of benzene rings is 1. The minimum absolute atomic E-state index is 0.463. The molecule has 1 heterocycles. The second kappa shape index (κ2) is 5.87. The summed E-state index contributed by atoms with van der Waals surface area (Å²) >= 11 is 1.93. The highest BCUT2D eigenvalue weighted by molar-refractivity contribution is 7.19. The van der Waals surface area contributed by atoms with Crippen LogP contribution >= 0.6 is 11.3 Å². The third kappa shape index (κ3) is 2.77. The number of hydrogen-bond donors (Lipinski definition) is 1. The molecule has 0 radical (unpaired) electrons. The molecule has 108 valence electrons. The zero-order chi connectivity index (χ0) is 14.1. The Morgan fingerprint density at radius 3 is 2.80 bits per heavy atom. The van der Waals surface area contributed by atoms with Gasteiger partial charge in [0.05, 0.1) is 0 Å². The van der Waals surface area contributed by atoms with E-state index in [1.807, 2.05) is 11.3 Å². The Labute approximate surface area is 126 Å². The molecule has 1 aliphatic rings. The molecule has 0 saturated heterocycles. The minimum atomic E-state index is 0.463. The Kier molecular flexibility index (Phi) is 4.13. The molecule has 2 heteroatoms. The van der Waals surface area contributed by atoms with Crippen LogP contribution in [0.2, 0.25) is 0 Å². The van der Waals surface area contributed by atoms with Crippen LogP contribution in [0.1, 0.15) is 51.0 Å². The Morgan fingerprint density at radius 1 is 1.20 bits per heavy atom. The maximum Gasteiger partial charge on any atom is 0.0388 e. The molecule has 1 saturated carbocycles. The molecule has 2 aromatic rings. The summed E-state index contributed by atoms with van der Waals surface area (Å²) in [5.74, 6) is 1.65. The van der Waals surface area contributed by atoms with E-state index in [9.17, 15) is 0 Å². The van der Waals surface area contributed by atoms with Crippen molar-refractivity contribution in [2.24, 2.45) is 11.8 Å². The molecule has 1 aromatic carbocycles. The van der Waals surface area contributed by atoms with E-state index in [4.69, 9.17) is 0 Å². The van der Waals surface area contributed by atoms with Gasteiger partial charge in [-0.2, -0.15) is 0 Å². The maximum absolute atomic E-state index is 3.89. The third-order valence-electron chi connectivity index (χ3n) is 5.04. The van der Waals surface area contributed by atoms with Gasteiger partial charge in [0, 0.05) is 21.7 Å². The van der Waals surface area contributed by atoms with E-state index in [2.05, 4.69) is 56.4 Å². The fraction of sp³-hybridized carbons (Fsp3) is 0.556. The van der Waals surface area contributed by atoms with Gasteiger partial charge in [-0.05, 0) is 42.7 Å². The monoisotopic (exact) mass is 287 g/mol. The molecular formula is C18H25NS. The average molecular weight is 287 g/mol. The fourth-order valence-electron chi connectivity index (χ4n) is 3.44. The van der Waals surface area contributed by atoms with Crippen LogP contribution in [0.5, 0.6) is 0 Å². The first-order valence-electron chi connectivity index (χ1n) is 7.89. The molecule has 3 rings (SSSR count). The van der Waals surface area contributed by atoms with E-state index in [1.165, 1.54) is 34.2 Å². The summed E-state index contributed by atoms with van der Waals surface area (Å²) in [6.07, 6.45) is 4.11. The van der Waals surface area contributed by atoms with E-state index in [1.54, 1.807) is 0 Å². The van der Waals surface area contributed by atoms with Gasteiger partial charge in [0.25, 0.3) is 0 Å². The van der Waals surface area contributed by atoms with Crippen molar-refractivity contribution < 1.29 is 0 Å². The molecule has 1 aliphatic carbocycles. The normalized spacial score (nSPS) is 28.6. The largest absolute Gasteiger partial charge is 0.306 e. The van der Waals surface area contributed by atoms with Gasteiger partial charge in [0.2, 0.25) is 0 Å². The van der Waals surface area contributed by atoms with Crippen molar-refractivity contribution in [1.82, 2.24) is 5.32 Å². The van der Waals surface area contributed by atoms with Gasteiger partial charge < -0.3 is 5.32 Å². The number of fused-ring (bicyclic) bond motifs is 1. The van der Waals surface area contributed by atoms with Crippen LogP contribution < -0.4 is 5.32 Å². The Balaban J connectivity index is 1.73. The molecule has 0 aliphatic heterocycles. The topological polar surface area (TPSA) is 12.0 Å². The highest BCUT2D eigenvalue weighted by Gasteiger charge is 2.28. The molecular weight excluding hydrogens is 262 g/mol. The maximum atomic E-state index is 3.89. The Hall–Kier alpha value is -0.860. The van der Waals surface area contributed by atoms with E-state index in [0.717, 1.165) is 11.8 Å². The summed E-state index contributed by atoms with van der Waals surface area (Å²) in [7, 11) is 0. The van der Waals surface area contributed by atoms with Gasteiger partial charge in [0.15, 0.2) is 0 Å². The molecule has 1 nitrogen and oxygen atoms in total. The number of hydrogen-bond acceptors (Lipinski definition) is 2. The van der Waals surface area contributed by atoms with E-state index in [-0.39, 0.29) is 0 Å². The second-order valence-electron chi connectivity index (χ2n) is 6.45. The summed E-state index contributed by atoms with van der Waals surface area (Å²) in [6.45, 7) is 7.14. The number of thiophene rings is 1. The van der Waals surface area contributed by atoms with Crippen molar-refractivity contribution in [3.05, 3.63) is 35.2 Å². The van der Waals surface area contributed by atoms with Crippen LogP contribution in [0.4, 0.5) is 0 Å². The lowest BCUT2D eigenvalue weighted by Gasteiger charge is -2.36. The molecule has 0 amide bonds. The molecule has 20 heavy (non-hydrogen) atoms. The predicted molar refractivity (Wildman–Crippen MR) is 89.3 cm³/mol. The van der Waals surface area contributed by atoms with Crippen molar-refractivity contribution in [3.8, 4) is 0 Å². The van der Waals surface area contributed by atoms with Crippen molar-refractivity contribution in [1.29, 1.82) is 0 Å². The SMILES string of the molecule is CC(NC1CCCC(C)C1C)c1cc2ccccc2s1. The lowest BCUT2D eigenvalue weighted by Crippen LogP contribution is -2.41. The third-order valence-corrected chi connectivity index (χ3v) is 6.34. The minimum Gasteiger partial charge on any atom is -0.306 e. The van der Waals surface area contributed by atoms with Crippen molar-refractivity contribution in [3.63, 3.8) is 0 Å². The number of rotatable bonds is 3. The Bertz CT molecular complexity index is 541. The summed E-state index contributed by atoms with van der Waals surface area (Å²) in [5, 5.41) is 5.27. The van der Waals surface area contributed by atoms with Crippen molar-refractivity contribution in [2.75, 3.05) is 0 Å². The molecule has 4 unspecified atom stereocenters. The fourth-order valence-corrected chi connectivity index (χ4v) is 4.51. The number of nitrogens with one attached hydrogen (secondary N) is 1. The Morgan fingerprint density at radius 2 is 2.00 bits per heavy atom. The molecule has 1 N–H and O–H groups in total. The van der Waals surface area contributed by atoms with Crippen molar-refractivity contribution in [2.45, 2.75) is 52.1 Å². The zero-order valence-electron chi connectivity index (χ0n) is 12.7. The standard InChI is InChI=1S/C18H25NS/c1-12-7-6-9-16(13(12)2)19-14(3)18-11-15-8-4-5-10-17(15)20-18/h4-5,8,10-14,16,19H,6-7,9H2,1-3H3. The highest BCUT2D eigenvalue weighted by atomic mass is 32.1. The first kappa shape index (κ1) is 14.1. The van der Waals surface area contributed by atoms with E-state index < -0.39 is 0 Å². The molecule has 4 atom stereocenters. The lowest BCUT2D eigenvalue weighted by atomic mass is 9.78. The average Bonchev–Trinajstić information content (AvgIpc) is 2.88. The summed E-state index contributed by atoms with van der Waals surface area (Å²) in [4.78, 5) is 1.47. The molecule has 1 aromatic heterocycles. The second-order valence-corrected chi connectivity index (χ2v) is 7.56. The van der Waals surface area contributed by atoms with Gasteiger partial charge in [-0.1, -0.05) is 44.9 Å². The quantitative estimate of drug-likeness (QED) is 0.799. The van der Waals surface area contributed by atoms with Gasteiger partial charge in [-0.15, -0.1) is 11.3 Å². The first-order chi connectivity index (χ1) is 9.65. The molecule has 1 fully saturated rings. The summed E-state index contributed by atoms with van der Waals surface area (Å²) in [6, 6.07) is 12.2.